The third kappa shape index (κ3) is 7.80. The van der Waals surface area contributed by atoms with Crippen molar-refractivity contribution in [1.29, 1.82) is 0 Å². The van der Waals surface area contributed by atoms with Crippen LogP contribution >= 0.6 is 0 Å². The Kier molecular flexibility index (Phi) is 4.55. The topological polar surface area (TPSA) is 64.6 Å². The SMILES string of the molecule is CN([O-])CCNN(C)[O-]. The molecule has 0 aliphatic rings. The van der Waals surface area contributed by atoms with Gasteiger partial charge in [0, 0.05) is 6.54 Å². The first-order chi connectivity index (χ1) is 4.13. The fourth-order valence-electron chi connectivity index (χ4n) is 0.365. The monoisotopic (exact) mass is 133 g/mol. The molecule has 9 heavy (non-hydrogen) atoms. The van der Waals surface area contributed by atoms with Gasteiger partial charge in [-0.15, -0.1) is 0 Å². The molecule has 5 heteroatoms. The number of rotatable bonds is 4. The highest BCUT2D eigenvalue weighted by Gasteiger charge is 1.81. The maximum atomic E-state index is 10.2. The van der Waals surface area contributed by atoms with E-state index >= 15 is 0 Å². The average Bonchev–Trinajstić information content (AvgIpc) is 1.63. The molecule has 0 fully saturated rings. The first-order valence-electron chi connectivity index (χ1n) is 2.65. The van der Waals surface area contributed by atoms with Gasteiger partial charge in [0.25, 0.3) is 0 Å². The predicted octanol–water partition coefficient (Wildman–Crippen LogP) is -0.650. The molecule has 0 rings (SSSR count). The number of nitrogens with zero attached hydrogens (tertiary/aromatic N) is 2. The average molecular weight is 133 g/mol. The number of hydrazine groups is 1. The molecule has 0 bridgehead atoms. The Morgan fingerprint density at radius 1 is 1.33 bits per heavy atom. The number of likely N-dealkylation sites (N-methyl/N-ethyl adjacent to an activating group) is 1. The van der Waals surface area contributed by atoms with Crippen molar-refractivity contribution in [3.8, 4) is 0 Å². The van der Waals surface area contributed by atoms with Crippen molar-refractivity contribution < 1.29 is 0 Å². The van der Waals surface area contributed by atoms with E-state index in [1.165, 1.54) is 14.1 Å². The van der Waals surface area contributed by atoms with E-state index in [-0.39, 0.29) is 0 Å². The second kappa shape index (κ2) is 4.66. The molecule has 5 nitrogen and oxygen atoms in total. The maximum Gasteiger partial charge on any atom is 0.0211 e. The van der Waals surface area contributed by atoms with Crippen molar-refractivity contribution in [1.82, 2.24) is 15.7 Å². The van der Waals surface area contributed by atoms with Gasteiger partial charge in [0.1, 0.15) is 0 Å². The number of hydroxylamine groups is 3. The highest BCUT2D eigenvalue weighted by Crippen LogP contribution is 1.73. The minimum Gasteiger partial charge on any atom is -0.785 e. The van der Waals surface area contributed by atoms with E-state index in [1.54, 1.807) is 0 Å². The van der Waals surface area contributed by atoms with Gasteiger partial charge in [-0.2, -0.15) is 0 Å². The molecule has 0 aliphatic carbocycles. The molecule has 0 aromatic heterocycles. The van der Waals surface area contributed by atoms with Gasteiger partial charge in [0.05, 0.1) is 0 Å². The summed E-state index contributed by atoms with van der Waals surface area (Å²) >= 11 is 0. The van der Waals surface area contributed by atoms with Gasteiger partial charge in [0.15, 0.2) is 0 Å². The Labute approximate surface area is 54.4 Å². The van der Waals surface area contributed by atoms with E-state index in [9.17, 15) is 10.4 Å². The summed E-state index contributed by atoms with van der Waals surface area (Å²) in [6, 6.07) is 0. The van der Waals surface area contributed by atoms with Crippen LogP contribution in [-0.4, -0.2) is 37.4 Å². The van der Waals surface area contributed by atoms with Crippen LogP contribution in [0.1, 0.15) is 0 Å². The van der Waals surface area contributed by atoms with Gasteiger partial charge >= 0.3 is 0 Å². The molecule has 0 amide bonds. The zero-order chi connectivity index (χ0) is 7.28. The van der Waals surface area contributed by atoms with Crippen LogP contribution in [0.2, 0.25) is 0 Å². The molecule has 0 aromatic rings. The third-order valence-electron chi connectivity index (χ3n) is 0.761. The van der Waals surface area contributed by atoms with Gasteiger partial charge in [-0.3, -0.25) is 5.43 Å². The molecule has 0 aliphatic heterocycles. The molecule has 0 aromatic carbocycles. The first-order valence-corrected chi connectivity index (χ1v) is 2.65. The highest BCUT2D eigenvalue weighted by atomic mass is 16.5. The fraction of sp³-hybridized carbons (Fsp3) is 1.00. The largest absolute Gasteiger partial charge is 0.785 e. The third-order valence-corrected chi connectivity index (χ3v) is 0.761. The number of hydrogen-bond acceptors (Lipinski definition) is 5. The highest BCUT2D eigenvalue weighted by molar-refractivity contribution is 4.51. The lowest BCUT2D eigenvalue weighted by Gasteiger charge is -2.27. The lowest BCUT2D eigenvalue weighted by molar-refractivity contribution is 0.305. The summed E-state index contributed by atoms with van der Waals surface area (Å²) in [5.74, 6) is 0. The lowest BCUT2D eigenvalue weighted by Crippen LogP contribution is -2.34. The molecule has 0 atom stereocenters. The Bertz CT molecular complexity index is 58.8. The summed E-state index contributed by atoms with van der Waals surface area (Å²) in [5, 5.41) is 21.6. The Hall–Kier alpha value is -0.200. The van der Waals surface area contributed by atoms with Gasteiger partial charge in [-0.1, -0.05) is 0 Å². The zero-order valence-electron chi connectivity index (χ0n) is 5.63. The van der Waals surface area contributed by atoms with Crippen molar-refractivity contribution in [2.45, 2.75) is 0 Å². The summed E-state index contributed by atoms with van der Waals surface area (Å²) in [7, 11) is 2.75. The molecule has 0 heterocycles. The Balaban J connectivity index is 2.91. The van der Waals surface area contributed by atoms with Crippen molar-refractivity contribution in [3.63, 3.8) is 0 Å². The lowest BCUT2D eigenvalue weighted by atomic mass is 10.6. The summed E-state index contributed by atoms with van der Waals surface area (Å²) < 4.78 is 0. The fourth-order valence-corrected chi connectivity index (χ4v) is 0.365. The van der Waals surface area contributed by atoms with Crippen LogP contribution in [0.3, 0.4) is 0 Å². The van der Waals surface area contributed by atoms with Crippen molar-refractivity contribution in [2.24, 2.45) is 0 Å². The summed E-state index contributed by atoms with van der Waals surface area (Å²) in [6.07, 6.45) is 0. The van der Waals surface area contributed by atoms with E-state index in [2.05, 4.69) is 5.43 Å². The summed E-state index contributed by atoms with van der Waals surface area (Å²) in [4.78, 5) is 0. The second-order valence-corrected chi connectivity index (χ2v) is 1.76. The normalized spacial score (nSPS) is 11.3. The van der Waals surface area contributed by atoms with Gasteiger partial charge in [0.2, 0.25) is 0 Å². The van der Waals surface area contributed by atoms with Crippen LogP contribution in [0.5, 0.6) is 0 Å². The molecular formula is C4H11N3O2-2. The maximum absolute atomic E-state index is 10.2. The molecular weight excluding hydrogens is 122 g/mol. The standard InChI is InChI=1S/C4H11N3O2/c1-6(8)4-3-5-7(2)9/h5H,3-4H2,1-2H3/q-2. The predicted molar refractivity (Wildman–Crippen MR) is 35.1 cm³/mol. The quantitative estimate of drug-likeness (QED) is 0.516. The van der Waals surface area contributed by atoms with Crippen LogP contribution in [0, 0.1) is 10.4 Å². The minimum atomic E-state index is 0.326. The van der Waals surface area contributed by atoms with Crippen LogP contribution in [0.25, 0.3) is 0 Å². The molecule has 56 valence electrons. The number of nitrogens with one attached hydrogen (secondary N) is 1. The van der Waals surface area contributed by atoms with Crippen LogP contribution in [0.4, 0.5) is 0 Å². The van der Waals surface area contributed by atoms with Crippen LogP contribution in [-0.2, 0) is 0 Å². The smallest absolute Gasteiger partial charge is 0.0211 e. The zero-order valence-corrected chi connectivity index (χ0v) is 5.63. The van der Waals surface area contributed by atoms with E-state index in [4.69, 9.17) is 0 Å². The number of hydrogen-bond donors (Lipinski definition) is 1. The summed E-state index contributed by atoms with van der Waals surface area (Å²) in [6.45, 7) is 0.715. The van der Waals surface area contributed by atoms with Crippen LogP contribution < -0.4 is 5.43 Å². The van der Waals surface area contributed by atoms with Crippen molar-refractivity contribution >= 4 is 0 Å². The summed E-state index contributed by atoms with van der Waals surface area (Å²) in [5.41, 5.74) is 2.41. The molecule has 0 saturated carbocycles. The molecule has 0 radical (unpaired) electrons. The molecule has 0 unspecified atom stereocenters. The molecule has 1 N–H and O–H groups in total. The van der Waals surface area contributed by atoms with E-state index in [0.29, 0.717) is 18.3 Å². The van der Waals surface area contributed by atoms with E-state index < -0.39 is 0 Å². The Morgan fingerprint density at radius 2 is 1.89 bits per heavy atom. The van der Waals surface area contributed by atoms with Crippen molar-refractivity contribution in [2.75, 3.05) is 27.2 Å². The molecule has 0 saturated heterocycles. The second-order valence-electron chi connectivity index (χ2n) is 1.76. The van der Waals surface area contributed by atoms with E-state index in [0.717, 1.165) is 5.06 Å². The van der Waals surface area contributed by atoms with Gasteiger partial charge in [-0.25, -0.2) is 0 Å². The van der Waals surface area contributed by atoms with Crippen molar-refractivity contribution in [3.05, 3.63) is 10.4 Å². The van der Waals surface area contributed by atoms with Gasteiger partial charge < -0.3 is 20.6 Å². The Morgan fingerprint density at radius 3 is 2.22 bits per heavy atom. The molecule has 0 spiro atoms. The van der Waals surface area contributed by atoms with Crippen LogP contribution in [0.15, 0.2) is 0 Å². The first kappa shape index (κ1) is 8.80. The van der Waals surface area contributed by atoms with E-state index in [1.807, 2.05) is 0 Å². The minimum absolute atomic E-state index is 0.326. The van der Waals surface area contributed by atoms with Gasteiger partial charge in [-0.05, 0) is 20.6 Å².